The molecule has 0 fully saturated rings. The maximum Gasteiger partial charge on any atom is 0.213 e. The van der Waals surface area contributed by atoms with Gasteiger partial charge in [-0.2, -0.15) is 4.98 Å². The average Bonchev–Trinajstić information content (AvgIpc) is 2.88. The molecule has 1 aromatic heterocycles. The number of hydrogen-bond acceptors (Lipinski definition) is 6. The van der Waals surface area contributed by atoms with Crippen LogP contribution in [0.2, 0.25) is 0 Å². The lowest BCUT2D eigenvalue weighted by molar-refractivity contribution is 0.101. The Morgan fingerprint density at radius 3 is 2.89 bits per heavy atom. The van der Waals surface area contributed by atoms with Crippen molar-refractivity contribution in [2.75, 3.05) is 7.11 Å². The van der Waals surface area contributed by atoms with Gasteiger partial charge in [0.05, 0.1) is 12.7 Å². The molecule has 2 aromatic rings. The molecule has 6 heteroatoms. The lowest BCUT2D eigenvalue weighted by Crippen LogP contribution is -2.03. The maximum absolute atomic E-state index is 11.5. The minimum absolute atomic E-state index is 0.0826. The van der Waals surface area contributed by atoms with Crippen LogP contribution in [0.5, 0.6) is 11.5 Å². The van der Waals surface area contributed by atoms with E-state index < -0.39 is 0 Å². The number of ether oxygens (including phenoxy) is 2. The van der Waals surface area contributed by atoms with Gasteiger partial charge in [-0.3, -0.25) is 4.79 Å². The second-order valence-electron chi connectivity index (χ2n) is 3.55. The Hall–Kier alpha value is -2.37. The smallest absolute Gasteiger partial charge is 0.213 e. The van der Waals surface area contributed by atoms with Gasteiger partial charge in [0.25, 0.3) is 0 Å². The molecule has 0 saturated heterocycles. The highest BCUT2D eigenvalue weighted by Crippen LogP contribution is 2.25. The molecule has 0 radical (unpaired) electrons. The summed E-state index contributed by atoms with van der Waals surface area (Å²) in [7, 11) is 1.55. The third-order valence-electron chi connectivity index (χ3n) is 2.33. The normalized spacial score (nSPS) is 10.1. The van der Waals surface area contributed by atoms with Crippen LogP contribution in [0, 0.1) is 0 Å². The Labute approximate surface area is 104 Å². The lowest BCUT2D eigenvalue weighted by atomic mass is 10.1. The molecule has 6 nitrogen and oxygen atoms in total. The fourth-order valence-electron chi connectivity index (χ4n) is 1.44. The number of ketones is 1. The van der Waals surface area contributed by atoms with Crippen molar-refractivity contribution in [2.24, 2.45) is 0 Å². The SMILES string of the molecule is COc1ccc(C(C)=O)c(OCc2ncon2)c1. The number of methoxy groups -OCH3 is 1. The largest absolute Gasteiger partial charge is 0.497 e. The topological polar surface area (TPSA) is 74.5 Å². The van der Waals surface area contributed by atoms with Crippen molar-refractivity contribution in [1.29, 1.82) is 0 Å². The predicted octanol–water partition coefficient (Wildman–Crippen LogP) is 1.86. The van der Waals surface area contributed by atoms with Gasteiger partial charge in [-0.15, -0.1) is 0 Å². The Morgan fingerprint density at radius 2 is 2.28 bits per heavy atom. The summed E-state index contributed by atoms with van der Waals surface area (Å²) < 4.78 is 15.2. The van der Waals surface area contributed by atoms with Crippen LogP contribution in [0.3, 0.4) is 0 Å². The van der Waals surface area contributed by atoms with Gasteiger partial charge in [-0.25, -0.2) is 0 Å². The van der Waals surface area contributed by atoms with E-state index in [4.69, 9.17) is 9.47 Å². The van der Waals surface area contributed by atoms with E-state index in [2.05, 4.69) is 14.7 Å². The van der Waals surface area contributed by atoms with Crippen LogP contribution >= 0.6 is 0 Å². The van der Waals surface area contributed by atoms with Crippen LogP contribution in [0.4, 0.5) is 0 Å². The summed E-state index contributed by atoms with van der Waals surface area (Å²) in [5.41, 5.74) is 0.485. The summed E-state index contributed by atoms with van der Waals surface area (Å²) in [6.45, 7) is 1.60. The number of nitrogens with zero attached hydrogens (tertiary/aromatic N) is 2. The zero-order chi connectivity index (χ0) is 13.0. The van der Waals surface area contributed by atoms with Gasteiger partial charge >= 0.3 is 0 Å². The number of benzene rings is 1. The average molecular weight is 248 g/mol. The number of hydrogen-bond donors (Lipinski definition) is 0. The van der Waals surface area contributed by atoms with E-state index in [0.29, 0.717) is 22.9 Å². The van der Waals surface area contributed by atoms with E-state index in [1.165, 1.54) is 13.3 Å². The Morgan fingerprint density at radius 1 is 1.44 bits per heavy atom. The predicted molar refractivity (Wildman–Crippen MR) is 61.6 cm³/mol. The molecular weight excluding hydrogens is 236 g/mol. The minimum Gasteiger partial charge on any atom is -0.497 e. The van der Waals surface area contributed by atoms with E-state index in [9.17, 15) is 4.79 Å². The molecule has 0 atom stereocenters. The molecule has 0 aliphatic rings. The van der Waals surface area contributed by atoms with Gasteiger partial charge in [0.1, 0.15) is 11.5 Å². The third-order valence-corrected chi connectivity index (χ3v) is 2.33. The van der Waals surface area contributed by atoms with E-state index in [1.54, 1.807) is 25.3 Å². The maximum atomic E-state index is 11.5. The van der Waals surface area contributed by atoms with Crippen LogP contribution in [-0.4, -0.2) is 23.0 Å². The van der Waals surface area contributed by atoms with Crippen LogP contribution in [0.15, 0.2) is 29.1 Å². The second-order valence-corrected chi connectivity index (χ2v) is 3.55. The first-order valence-electron chi connectivity index (χ1n) is 5.27. The van der Waals surface area contributed by atoms with Crippen molar-refractivity contribution >= 4 is 5.78 Å². The van der Waals surface area contributed by atoms with Crippen LogP contribution < -0.4 is 9.47 Å². The Kier molecular flexibility index (Phi) is 3.57. The summed E-state index contributed by atoms with van der Waals surface area (Å²) in [4.78, 5) is 15.3. The van der Waals surface area contributed by atoms with Gasteiger partial charge < -0.3 is 14.0 Å². The molecule has 0 amide bonds. The molecule has 94 valence electrons. The summed E-state index contributed by atoms with van der Waals surface area (Å²) in [5.74, 6) is 1.38. The van der Waals surface area contributed by atoms with E-state index >= 15 is 0 Å². The van der Waals surface area contributed by atoms with Crippen molar-refractivity contribution in [3.63, 3.8) is 0 Å². The first kappa shape index (κ1) is 12.1. The van der Waals surface area contributed by atoms with E-state index in [1.807, 2.05) is 0 Å². The van der Waals surface area contributed by atoms with Crippen molar-refractivity contribution < 1.29 is 18.8 Å². The van der Waals surface area contributed by atoms with Gasteiger partial charge in [0.15, 0.2) is 12.4 Å². The molecule has 0 unspecified atom stereocenters. The van der Waals surface area contributed by atoms with Crippen LogP contribution in [-0.2, 0) is 6.61 Å². The summed E-state index contributed by atoms with van der Waals surface area (Å²) in [6.07, 6.45) is 1.22. The highest BCUT2D eigenvalue weighted by atomic mass is 16.5. The third kappa shape index (κ3) is 2.65. The standard InChI is InChI=1S/C12H12N2O4/c1-8(15)10-4-3-9(16-2)5-11(10)17-6-12-13-7-18-14-12/h3-5,7H,6H2,1-2H3. The minimum atomic E-state index is -0.0826. The van der Waals surface area contributed by atoms with Crippen molar-refractivity contribution in [3.8, 4) is 11.5 Å². The highest BCUT2D eigenvalue weighted by Gasteiger charge is 2.11. The molecule has 0 N–H and O–H groups in total. The zero-order valence-corrected chi connectivity index (χ0v) is 10.0. The lowest BCUT2D eigenvalue weighted by Gasteiger charge is -2.09. The van der Waals surface area contributed by atoms with E-state index in [0.717, 1.165) is 0 Å². The molecule has 0 spiro atoms. The zero-order valence-electron chi connectivity index (χ0n) is 10.0. The molecule has 1 aromatic carbocycles. The van der Waals surface area contributed by atoms with Gasteiger partial charge in [-0.1, -0.05) is 5.16 Å². The van der Waals surface area contributed by atoms with Crippen LogP contribution in [0.25, 0.3) is 0 Å². The molecule has 0 bridgehead atoms. The fraction of sp³-hybridized carbons (Fsp3) is 0.250. The Bertz CT molecular complexity index is 537. The van der Waals surface area contributed by atoms with Gasteiger partial charge in [0, 0.05) is 6.07 Å². The molecule has 18 heavy (non-hydrogen) atoms. The quantitative estimate of drug-likeness (QED) is 0.752. The van der Waals surface area contributed by atoms with Crippen molar-refractivity contribution in [1.82, 2.24) is 10.1 Å². The summed E-state index contributed by atoms with van der Waals surface area (Å²) in [6, 6.07) is 5.02. The summed E-state index contributed by atoms with van der Waals surface area (Å²) >= 11 is 0. The van der Waals surface area contributed by atoms with E-state index in [-0.39, 0.29) is 12.4 Å². The van der Waals surface area contributed by atoms with Crippen molar-refractivity contribution in [3.05, 3.63) is 36.0 Å². The first-order chi connectivity index (χ1) is 8.70. The number of carbonyl (C=O) groups is 1. The van der Waals surface area contributed by atoms with Gasteiger partial charge in [-0.05, 0) is 19.1 Å². The first-order valence-corrected chi connectivity index (χ1v) is 5.27. The van der Waals surface area contributed by atoms with Crippen LogP contribution in [0.1, 0.15) is 23.1 Å². The highest BCUT2D eigenvalue weighted by molar-refractivity contribution is 5.97. The molecular formula is C12H12N2O4. The van der Waals surface area contributed by atoms with Gasteiger partial charge in [0.2, 0.25) is 12.2 Å². The molecule has 2 rings (SSSR count). The molecule has 0 aliphatic heterocycles. The monoisotopic (exact) mass is 248 g/mol. The number of aromatic nitrogens is 2. The summed E-state index contributed by atoms with van der Waals surface area (Å²) in [5, 5.41) is 3.62. The molecule has 0 saturated carbocycles. The van der Waals surface area contributed by atoms with Crippen molar-refractivity contribution in [2.45, 2.75) is 13.5 Å². The number of Topliss-reactive ketones (excluding diaryl/α,β-unsaturated/α-hetero) is 1. The number of rotatable bonds is 5. The Balaban J connectivity index is 2.20. The number of carbonyl (C=O) groups excluding carboxylic acids is 1. The fourth-order valence-corrected chi connectivity index (χ4v) is 1.44. The second kappa shape index (κ2) is 5.31. The molecule has 0 aliphatic carbocycles. The molecule has 1 heterocycles.